The quantitative estimate of drug-likeness (QED) is 0.596. The third-order valence-electron chi connectivity index (χ3n) is 7.49. The van der Waals surface area contributed by atoms with Crippen molar-refractivity contribution in [2.24, 2.45) is 30.2 Å². The molecule has 4 aliphatic carbocycles. The fourth-order valence-electron chi connectivity index (χ4n) is 6.66. The van der Waals surface area contributed by atoms with Gasteiger partial charge in [-0.15, -0.1) is 5.10 Å². The number of tetrazole rings is 1. The van der Waals surface area contributed by atoms with Gasteiger partial charge < -0.3 is 5.32 Å². The van der Waals surface area contributed by atoms with Crippen LogP contribution >= 0.6 is 11.8 Å². The number of carbonyl (C=O) groups is 1. The van der Waals surface area contributed by atoms with E-state index in [0.717, 1.165) is 40.8 Å². The molecule has 0 saturated heterocycles. The minimum absolute atomic E-state index is 0.00421. The first kappa shape index (κ1) is 19.3. The van der Waals surface area contributed by atoms with Crippen LogP contribution in [-0.4, -0.2) is 42.0 Å². The van der Waals surface area contributed by atoms with Gasteiger partial charge in [0.05, 0.1) is 5.69 Å². The third kappa shape index (κ3) is 3.52. The molecule has 1 N–H and O–H groups in total. The molecule has 9 heteroatoms. The van der Waals surface area contributed by atoms with Crippen molar-refractivity contribution < 1.29 is 4.79 Å². The standard InChI is InChI=1S/C22H27N7OS/c1-28-21(25-26-27-28)31-12-17-11-29-18(3-2-4-19(29)24-17)20(30)23-13-22-8-14-5-15(9-22)7-16(6-14)10-22/h2-4,11,14-16H,5-10,12-13H2,1H3,(H,23,30). The molecule has 0 aliphatic heterocycles. The van der Waals surface area contributed by atoms with E-state index < -0.39 is 0 Å². The summed E-state index contributed by atoms with van der Waals surface area (Å²) in [7, 11) is 1.82. The largest absolute Gasteiger partial charge is 0.350 e. The number of carbonyl (C=O) groups excluding carboxylic acids is 1. The lowest BCUT2D eigenvalue weighted by molar-refractivity contribution is -0.0503. The Kier molecular flexibility index (Phi) is 4.55. The van der Waals surface area contributed by atoms with E-state index in [2.05, 4.69) is 25.8 Å². The summed E-state index contributed by atoms with van der Waals surface area (Å²) in [6, 6.07) is 5.73. The summed E-state index contributed by atoms with van der Waals surface area (Å²) < 4.78 is 3.55. The predicted molar refractivity (Wildman–Crippen MR) is 116 cm³/mol. The van der Waals surface area contributed by atoms with Crippen LogP contribution < -0.4 is 5.32 Å². The van der Waals surface area contributed by atoms with Crippen molar-refractivity contribution in [3.05, 3.63) is 35.8 Å². The molecule has 8 nitrogen and oxygen atoms in total. The van der Waals surface area contributed by atoms with Gasteiger partial charge in [-0.25, -0.2) is 9.67 Å². The van der Waals surface area contributed by atoms with Crippen molar-refractivity contribution >= 4 is 23.3 Å². The zero-order chi connectivity index (χ0) is 21.0. The minimum Gasteiger partial charge on any atom is -0.350 e. The summed E-state index contributed by atoms with van der Waals surface area (Å²) in [5, 5.41) is 15.6. The van der Waals surface area contributed by atoms with E-state index in [1.165, 1.54) is 50.3 Å². The van der Waals surface area contributed by atoms with Crippen molar-refractivity contribution in [3.8, 4) is 0 Å². The van der Waals surface area contributed by atoms with Crippen LogP contribution in [0.25, 0.3) is 5.65 Å². The molecule has 0 spiro atoms. The SMILES string of the molecule is Cn1nnnc1SCc1cn2c(C(=O)NCC34CC5CC(CC(C5)C3)C4)cccc2n1. The Balaban J connectivity index is 1.17. The highest BCUT2D eigenvalue weighted by Crippen LogP contribution is 2.59. The van der Waals surface area contributed by atoms with Gasteiger partial charge in [0.15, 0.2) is 0 Å². The second kappa shape index (κ2) is 7.32. The highest BCUT2D eigenvalue weighted by atomic mass is 32.2. The van der Waals surface area contributed by atoms with Gasteiger partial charge in [-0.1, -0.05) is 17.8 Å². The van der Waals surface area contributed by atoms with Gasteiger partial charge in [0.25, 0.3) is 5.91 Å². The Labute approximate surface area is 185 Å². The predicted octanol–water partition coefficient (Wildman–Crippen LogP) is 3.10. The lowest BCUT2D eigenvalue weighted by atomic mass is 9.49. The van der Waals surface area contributed by atoms with E-state index in [4.69, 9.17) is 0 Å². The number of imidazole rings is 1. The van der Waals surface area contributed by atoms with E-state index in [0.29, 0.717) is 16.9 Å². The Bertz CT molecular complexity index is 1100. The number of rotatable bonds is 6. The molecule has 3 aromatic rings. The number of nitrogens with one attached hydrogen (secondary N) is 1. The third-order valence-corrected chi connectivity index (χ3v) is 8.54. The topological polar surface area (TPSA) is 90.0 Å². The summed E-state index contributed by atoms with van der Waals surface area (Å²) in [6.07, 6.45) is 10.1. The maximum atomic E-state index is 13.2. The van der Waals surface area contributed by atoms with Crippen LogP contribution in [0.1, 0.15) is 54.7 Å². The number of pyridine rings is 1. The van der Waals surface area contributed by atoms with Crippen LogP contribution in [0.4, 0.5) is 0 Å². The van der Waals surface area contributed by atoms with E-state index >= 15 is 0 Å². The van der Waals surface area contributed by atoms with Crippen molar-refractivity contribution in [1.82, 2.24) is 34.9 Å². The molecule has 3 heterocycles. The van der Waals surface area contributed by atoms with Crippen molar-refractivity contribution in [1.29, 1.82) is 0 Å². The molecule has 31 heavy (non-hydrogen) atoms. The first-order valence-electron chi connectivity index (χ1n) is 11.2. The number of amides is 1. The van der Waals surface area contributed by atoms with Crippen LogP contribution in [0.5, 0.6) is 0 Å². The van der Waals surface area contributed by atoms with Gasteiger partial charge in [-0.05, 0) is 84.3 Å². The molecule has 4 aliphatic rings. The molecule has 7 rings (SSSR count). The highest BCUT2D eigenvalue weighted by Gasteiger charge is 2.50. The summed E-state index contributed by atoms with van der Waals surface area (Å²) in [6.45, 7) is 0.808. The Morgan fingerprint density at radius 1 is 1.19 bits per heavy atom. The van der Waals surface area contributed by atoms with Crippen molar-refractivity contribution in [2.45, 2.75) is 49.4 Å². The number of hydrogen-bond donors (Lipinski definition) is 1. The number of thioether (sulfide) groups is 1. The van der Waals surface area contributed by atoms with Gasteiger partial charge in [-0.2, -0.15) is 0 Å². The first-order valence-corrected chi connectivity index (χ1v) is 12.2. The van der Waals surface area contributed by atoms with Crippen LogP contribution in [0.2, 0.25) is 0 Å². The fraction of sp³-hybridized carbons (Fsp3) is 0.591. The average Bonchev–Trinajstić information content (AvgIpc) is 3.34. The lowest BCUT2D eigenvalue weighted by Crippen LogP contribution is -2.51. The molecule has 4 fully saturated rings. The molecule has 1 amide bonds. The van der Waals surface area contributed by atoms with Gasteiger partial charge >= 0.3 is 0 Å². The number of nitrogens with zero attached hydrogens (tertiary/aromatic N) is 6. The molecular weight excluding hydrogens is 410 g/mol. The molecular formula is C22H27N7OS. The van der Waals surface area contributed by atoms with Crippen LogP contribution in [0.3, 0.4) is 0 Å². The lowest BCUT2D eigenvalue weighted by Gasteiger charge is -2.56. The molecule has 162 valence electrons. The monoisotopic (exact) mass is 437 g/mol. The van der Waals surface area contributed by atoms with Crippen LogP contribution in [0, 0.1) is 23.2 Å². The Morgan fingerprint density at radius 3 is 2.61 bits per heavy atom. The molecule has 0 aromatic carbocycles. The number of hydrogen-bond acceptors (Lipinski definition) is 6. The second-order valence-corrected chi connectivity index (χ2v) is 10.8. The number of fused-ring (bicyclic) bond motifs is 1. The van der Waals surface area contributed by atoms with Gasteiger partial charge in [0.1, 0.15) is 11.3 Å². The summed E-state index contributed by atoms with van der Waals surface area (Å²) in [5.41, 5.74) is 2.66. The summed E-state index contributed by atoms with van der Waals surface area (Å²) in [4.78, 5) is 17.8. The zero-order valence-corrected chi connectivity index (χ0v) is 18.5. The average molecular weight is 438 g/mol. The minimum atomic E-state index is -0.00421. The molecule has 4 saturated carbocycles. The van der Waals surface area contributed by atoms with Crippen molar-refractivity contribution in [2.75, 3.05) is 6.54 Å². The Hall–Kier alpha value is -2.42. The van der Waals surface area contributed by atoms with Gasteiger partial charge in [0, 0.05) is 25.5 Å². The Morgan fingerprint density at radius 2 is 1.94 bits per heavy atom. The zero-order valence-electron chi connectivity index (χ0n) is 17.7. The van der Waals surface area contributed by atoms with Crippen molar-refractivity contribution in [3.63, 3.8) is 0 Å². The van der Waals surface area contributed by atoms with E-state index in [-0.39, 0.29) is 5.91 Å². The fourth-order valence-corrected chi connectivity index (χ4v) is 7.40. The number of aromatic nitrogens is 6. The molecule has 0 unspecified atom stereocenters. The number of aryl methyl sites for hydroxylation is 1. The molecule has 4 bridgehead atoms. The van der Waals surface area contributed by atoms with E-state index in [1.54, 1.807) is 4.68 Å². The van der Waals surface area contributed by atoms with Crippen LogP contribution in [-0.2, 0) is 12.8 Å². The molecule has 0 radical (unpaired) electrons. The summed E-state index contributed by atoms with van der Waals surface area (Å²) >= 11 is 1.53. The maximum absolute atomic E-state index is 13.2. The van der Waals surface area contributed by atoms with Gasteiger partial charge in [0.2, 0.25) is 5.16 Å². The maximum Gasteiger partial charge on any atom is 0.268 e. The summed E-state index contributed by atoms with van der Waals surface area (Å²) in [5.74, 6) is 3.32. The van der Waals surface area contributed by atoms with Crippen LogP contribution in [0.15, 0.2) is 29.6 Å². The molecule has 0 atom stereocenters. The van der Waals surface area contributed by atoms with Gasteiger partial charge in [-0.3, -0.25) is 9.20 Å². The first-order chi connectivity index (χ1) is 15.1. The van der Waals surface area contributed by atoms with E-state index in [1.807, 2.05) is 35.8 Å². The van der Waals surface area contributed by atoms with E-state index in [9.17, 15) is 4.79 Å². The molecule has 3 aromatic heterocycles. The highest BCUT2D eigenvalue weighted by molar-refractivity contribution is 7.98. The normalized spacial score (nSPS) is 29.0. The smallest absolute Gasteiger partial charge is 0.268 e. The second-order valence-electron chi connectivity index (χ2n) is 9.85.